The second-order valence-corrected chi connectivity index (χ2v) is 7.66. The molecule has 27 heavy (non-hydrogen) atoms. The van der Waals surface area contributed by atoms with Gasteiger partial charge >= 0.3 is 12.1 Å². The quantitative estimate of drug-likeness (QED) is 0.581. The van der Waals surface area contributed by atoms with Crippen LogP contribution in [0.1, 0.15) is 40.5 Å². The number of carbonyl (C=O) groups is 2. The van der Waals surface area contributed by atoms with Crippen molar-refractivity contribution in [1.29, 1.82) is 0 Å². The van der Waals surface area contributed by atoms with Crippen LogP contribution in [0.5, 0.6) is 11.5 Å². The number of amides is 1. The number of nitrogens with one attached hydrogen (secondary N) is 1. The van der Waals surface area contributed by atoms with Gasteiger partial charge in [-0.05, 0) is 77.9 Å². The van der Waals surface area contributed by atoms with Gasteiger partial charge in [0.05, 0.1) is 0 Å². The van der Waals surface area contributed by atoms with Gasteiger partial charge in [-0.2, -0.15) is 0 Å². The van der Waals surface area contributed by atoms with Crippen molar-refractivity contribution in [3.63, 3.8) is 0 Å². The SMILES string of the molecule is CC(NC(=O)OC(C)(C)C)C(=O)Oc1ccc(OCCN2CCCC2)cc1. The maximum Gasteiger partial charge on any atom is 0.408 e. The average Bonchev–Trinajstić information content (AvgIpc) is 3.08. The van der Waals surface area contributed by atoms with Crippen LogP contribution < -0.4 is 14.8 Å². The average molecular weight is 378 g/mol. The minimum Gasteiger partial charge on any atom is -0.492 e. The van der Waals surface area contributed by atoms with E-state index in [1.807, 2.05) is 0 Å². The van der Waals surface area contributed by atoms with Gasteiger partial charge in [-0.1, -0.05) is 0 Å². The molecule has 0 radical (unpaired) electrons. The van der Waals surface area contributed by atoms with Crippen molar-refractivity contribution in [1.82, 2.24) is 10.2 Å². The molecule has 7 nitrogen and oxygen atoms in total. The van der Waals surface area contributed by atoms with Crippen molar-refractivity contribution in [2.75, 3.05) is 26.2 Å². The maximum absolute atomic E-state index is 12.1. The van der Waals surface area contributed by atoms with Gasteiger partial charge < -0.3 is 19.5 Å². The fourth-order valence-corrected chi connectivity index (χ4v) is 2.65. The Balaban J connectivity index is 1.74. The van der Waals surface area contributed by atoms with Crippen LogP contribution in [0, 0.1) is 0 Å². The van der Waals surface area contributed by atoms with Crippen LogP contribution in [0.15, 0.2) is 24.3 Å². The number of hydrogen-bond acceptors (Lipinski definition) is 6. The van der Waals surface area contributed by atoms with E-state index in [2.05, 4.69) is 10.2 Å². The van der Waals surface area contributed by atoms with E-state index in [4.69, 9.17) is 14.2 Å². The molecule has 1 amide bonds. The molecule has 2 rings (SSSR count). The van der Waals surface area contributed by atoms with Gasteiger partial charge in [-0.15, -0.1) is 0 Å². The van der Waals surface area contributed by atoms with Crippen molar-refractivity contribution in [3.8, 4) is 11.5 Å². The standard InChI is InChI=1S/C20H30N2O5/c1-15(21-19(24)27-20(2,3)4)18(23)26-17-9-7-16(8-10-17)25-14-13-22-11-5-6-12-22/h7-10,15H,5-6,11-14H2,1-4H3,(H,21,24). The lowest BCUT2D eigenvalue weighted by Gasteiger charge is -2.21. The molecule has 1 saturated heterocycles. The summed E-state index contributed by atoms with van der Waals surface area (Å²) in [5.41, 5.74) is -0.627. The summed E-state index contributed by atoms with van der Waals surface area (Å²) in [5.74, 6) is 0.558. The largest absolute Gasteiger partial charge is 0.492 e. The molecular formula is C20H30N2O5. The van der Waals surface area contributed by atoms with Crippen LogP contribution in [0.4, 0.5) is 4.79 Å². The van der Waals surface area contributed by atoms with E-state index in [1.54, 1.807) is 52.0 Å². The number of hydrogen-bond donors (Lipinski definition) is 1. The molecule has 1 unspecified atom stereocenters. The maximum atomic E-state index is 12.1. The second kappa shape index (κ2) is 9.60. The Morgan fingerprint density at radius 3 is 2.30 bits per heavy atom. The number of nitrogens with zero attached hydrogens (tertiary/aromatic N) is 1. The van der Waals surface area contributed by atoms with Gasteiger partial charge in [-0.3, -0.25) is 4.90 Å². The van der Waals surface area contributed by atoms with Crippen molar-refractivity contribution in [2.45, 2.75) is 52.2 Å². The second-order valence-electron chi connectivity index (χ2n) is 7.66. The molecule has 0 bridgehead atoms. The normalized spacial score (nSPS) is 15.9. The van der Waals surface area contributed by atoms with Crippen molar-refractivity contribution >= 4 is 12.1 Å². The smallest absolute Gasteiger partial charge is 0.408 e. The lowest BCUT2D eigenvalue weighted by molar-refractivity contribution is -0.136. The highest BCUT2D eigenvalue weighted by molar-refractivity contribution is 5.82. The third-order valence-electron chi connectivity index (χ3n) is 4.00. The van der Waals surface area contributed by atoms with Crippen molar-refractivity contribution in [3.05, 3.63) is 24.3 Å². The highest BCUT2D eigenvalue weighted by Gasteiger charge is 2.22. The Kier molecular flexibility index (Phi) is 7.47. The third kappa shape index (κ3) is 7.86. The predicted molar refractivity (Wildman–Crippen MR) is 102 cm³/mol. The number of likely N-dealkylation sites (tertiary alicyclic amines) is 1. The summed E-state index contributed by atoms with van der Waals surface area (Å²) in [4.78, 5) is 26.2. The van der Waals surface area contributed by atoms with E-state index in [0.29, 0.717) is 12.4 Å². The van der Waals surface area contributed by atoms with E-state index in [-0.39, 0.29) is 0 Å². The Hall–Kier alpha value is -2.28. The van der Waals surface area contributed by atoms with Crippen molar-refractivity contribution < 1.29 is 23.8 Å². The highest BCUT2D eigenvalue weighted by atomic mass is 16.6. The third-order valence-corrected chi connectivity index (χ3v) is 4.00. The molecule has 0 aromatic heterocycles. The molecule has 1 N–H and O–H groups in total. The molecule has 1 aromatic carbocycles. The fraction of sp³-hybridized carbons (Fsp3) is 0.600. The first-order chi connectivity index (χ1) is 12.7. The molecule has 1 heterocycles. The van der Waals surface area contributed by atoms with E-state index in [0.717, 1.165) is 25.4 Å². The molecule has 0 spiro atoms. The van der Waals surface area contributed by atoms with Gasteiger partial charge in [0.1, 0.15) is 29.7 Å². The zero-order chi connectivity index (χ0) is 19.9. The van der Waals surface area contributed by atoms with E-state index in [1.165, 1.54) is 12.8 Å². The van der Waals surface area contributed by atoms with Gasteiger partial charge in [0.25, 0.3) is 0 Å². The number of rotatable bonds is 7. The predicted octanol–water partition coefficient (Wildman–Crippen LogP) is 2.98. The molecule has 1 aromatic rings. The highest BCUT2D eigenvalue weighted by Crippen LogP contribution is 2.18. The first-order valence-corrected chi connectivity index (χ1v) is 9.39. The number of benzene rings is 1. The van der Waals surface area contributed by atoms with Gasteiger partial charge in [-0.25, -0.2) is 9.59 Å². The van der Waals surface area contributed by atoms with E-state index in [9.17, 15) is 9.59 Å². The Bertz CT molecular complexity index is 618. The van der Waals surface area contributed by atoms with Crippen LogP contribution >= 0.6 is 0 Å². The summed E-state index contributed by atoms with van der Waals surface area (Å²) in [6, 6.07) is 6.04. The van der Waals surface area contributed by atoms with Gasteiger partial charge in [0.2, 0.25) is 0 Å². The Morgan fingerprint density at radius 1 is 1.11 bits per heavy atom. The van der Waals surface area contributed by atoms with Crippen LogP contribution in [0.3, 0.4) is 0 Å². The molecule has 1 fully saturated rings. The molecule has 1 atom stereocenters. The van der Waals surface area contributed by atoms with Crippen LogP contribution in [-0.2, 0) is 9.53 Å². The van der Waals surface area contributed by atoms with Crippen LogP contribution in [0.25, 0.3) is 0 Å². The zero-order valence-electron chi connectivity index (χ0n) is 16.6. The number of carbonyl (C=O) groups excluding carboxylic acids is 2. The lowest BCUT2D eigenvalue weighted by Crippen LogP contribution is -2.43. The topological polar surface area (TPSA) is 77.1 Å². The Morgan fingerprint density at radius 2 is 1.70 bits per heavy atom. The summed E-state index contributed by atoms with van der Waals surface area (Å²) in [7, 11) is 0. The molecule has 150 valence electrons. The number of esters is 1. The minimum atomic E-state index is -0.823. The molecule has 7 heteroatoms. The number of alkyl carbamates (subject to hydrolysis) is 1. The van der Waals surface area contributed by atoms with Crippen LogP contribution in [0.2, 0.25) is 0 Å². The monoisotopic (exact) mass is 378 g/mol. The molecular weight excluding hydrogens is 348 g/mol. The Labute approximate surface area is 161 Å². The first kappa shape index (κ1) is 21.0. The zero-order valence-corrected chi connectivity index (χ0v) is 16.6. The summed E-state index contributed by atoms with van der Waals surface area (Å²) in [6.45, 7) is 10.7. The summed E-state index contributed by atoms with van der Waals surface area (Å²) >= 11 is 0. The summed E-state index contributed by atoms with van der Waals surface area (Å²) in [6.07, 6.45) is 1.87. The lowest BCUT2D eigenvalue weighted by atomic mass is 10.2. The van der Waals surface area contributed by atoms with Gasteiger partial charge in [0, 0.05) is 6.54 Å². The first-order valence-electron chi connectivity index (χ1n) is 9.39. The minimum absolute atomic E-state index is 0.393. The molecule has 0 aliphatic carbocycles. The van der Waals surface area contributed by atoms with Crippen LogP contribution in [-0.4, -0.2) is 54.8 Å². The number of ether oxygens (including phenoxy) is 3. The van der Waals surface area contributed by atoms with Crippen molar-refractivity contribution in [2.24, 2.45) is 0 Å². The molecule has 0 saturated carbocycles. The van der Waals surface area contributed by atoms with Gasteiger partial charge in [0.15, 0.2) is 0 Å². The molecule has 1 aliphatic rings. The fourth-order valence-electron chi connectivity index (χ4n) is 2.65. The summed E-state index contributed by atoms with van der Waals surface area (Å²) in [5, 5.41) is 2.46. The van der Waals surface area contributed by atoms with E-state index >= 15 is 0 Å². The summed E-state index contributed by atoms with van der Waals surface area (Å²) < 4.78 is 16.1. The molecule has 1 aliphatic heterocycles. The van der Waals surface area contributed by atoms with E-state index < -0.39 is 23.7 Å².